The maximum Gasteiger partial charge on any atom is 1.00 e. The van der Waals surface area contributed by atoms with Gasteiger partial charge in [0, 0.05) is 44.2 Å². The molecule has 0 atom stereocenters. The van der Waals surface area contributed by atoms with Crippen LogP contribution in [0.2, 0.25) is 0 Å². The monoisotopic (exact) mass is 820 g/mol. The van der Waals surface area contributed by atoms with Gasteiger partial charge in [-0.2, -0.15) is 35.5 Å². The Morgan fingerprint density at radius 3 is 1.50 bits per heavy atom. The SMILES string of the molecule is CN(CCO)c1nc(Nc2c[c-]c(/C=C/c3ccc(Nc4nc(Nc5ccccc5)nc(N(C)CCO)n4)cc3S(=O)(=O)[O-])cc2)nc(Nc2ccccc2)n1.[Na+].[Na+]. The van der Waals surface area contributed by atoms with Crippen molar-refractivity contribution in [3.63, 3.8) is 0 Å². The minimum absolute atomic E-state index is 0. The van der Waals surface area contributed by atoms with Crippen molar-refractivity contribution in [2.45, 2.75) is 4.90 Å². The summed E-state index contributed by atoms with van der Waals surface area (Å²) >= 11 is 0. The van der Waals surface area contributed by atoms with Crippen molar-refractivity contribution in [3.05, 3.63) is 114 Å². The number of hydrogen-bond acceptors (Lipinski definition) is 17. The van der Waals surface area contributed by atoms with Gasteiger partial charge in [0.25, 0.3) is 0 Å². The first-order valence-corrected chi connectivity index (χ1v) is 18.6. The minimum atomic E-state index is -4.91. The molecule has 0 aliphatic heterocycles. The summed E-state index contributed by atoms with van der Waals surface area (Å²) in [6.07, 6.45) is 3.14. The van der Waals surface area contributed by atoms with E-state index in [1.54, 1.807) is 54.2 Å². The molecule has 20 heteroatoms. The number of nitrogens with zero attached hydrogens (tertiary/aromatic N) is 8. The average molecular weight is 821 g/mol. The van der Waals surface area contributed by atoms with Crippen LogP contribution in [0.5, 0.6) is 0 Å². The van der Waals surface area contributed by atoms with Crippen molar-refractivity contribution in [2.75, 3.05) is 71.5 Å². The molecular formula is C38H38N12Na2O5S. The zero-order valence-corrected chi connectivity index (χ0v) is 37.1. The van der Waals surface area contributed by atoms with Crippen molar-refractivity contribution < 1.29 is 82.3 Å². The topological polar surface area (TPSA) is 230 Å². The third-order valence-corrected chi connectivity index (χ3v) is 8.83. The molecule has 0 unspecified atom stereocenters. The zero-order chi connectivity index (χ0) is 39.5. The molecule has 0 spiro atoms. The summed E-state index contributed by atoms with van der Waals surface area (Å²) in [5.74, 6) is 1.43. The van der Waals surface area contributed by atoms with Crippen molar-refractivity contribution in [2.24, 2.45) is 0 Å². The molecule has 0 saturated heterocycles. The maximum absolute atomic E-state index is 12.4. The third kappa shape index (κ3) is 13.1. The van der Waals surface area contributed by atoms with Crippen molar-refractivity contribution >= 4 is 80.7 Å². The molecule has 0 amide bonds. The summed E-state index contributed by atoms with van der Waals surface area (Å²) in [6, 6.07) is 31.3. The molecule has 4 aromatic carbocycles. The smallest absolute Gasteiger partial charge is 0.744 e. The molecule has 6 N–H and O–H groups in total. The van der Waals surface area contributed by atoms with Gasteiger partial charge in [-0.3, -0.25) is 0 Å². The molecular weight excluding hydrogens is 783 g/mol. The quantitative estimate of drug-likeness (QED) is 0.0274. The van der Waals surface area contributed by atoms with Gasteiger partial charge in [0.05, 0.1) is 18.1 Å². The Balaban J connectivity index is 0.00000372. The number of aliphatic hydroxyl groups is 2. The fourth-order valence-corrected chi connectivity index (χ4v) is 5.81. The summed E-state index contributed by atoms with van der Waals surface area (Å²) < 4.78 is 37.3. The third-order valence-electron chi connectivity index (χ3n) is 7.94. The van der Waals surface area contributed by atoms with Crippen LogP contribution >= 0.6 is 0 Å². The predicted octanol–water partition coefficient (Wildman–Crippen LogP) is -1.23. The molecule has 58 heavy (non-hydrogen) atoms. The van der Waals surface area contributed by atoms with Crippen LogP contribution in [-0.2, 0) is 10.1 Å². The molecule has 0 bridgehead atoms. The number of aromatic nitrogens is 6. The van der Waals surface area contributed by atoms with Crippen LogP contribution in [-0.4, -0.2) is 93.5 Å². The summed E-state index contributed by atoms with van der Waals surface area (Å²) in [7, 11) is -1.45. The van der Waals surface area contributed by atoms with Gasteiger partial charge < -0.3 is 45.8 Å². The van der Waals surface area contributed by atoms with Crippen LogP contribution in [0, 0.1) is 6.07 Å². The van der Waals surface area contributed by atoms with Gasteiger partial charge in [-0.25, -0.2) is 8.42 Å². The van der Waals surface area contributed by atoms with E-state index in [9.17, 15) is 23.2 Å². The fraction of sp³-hybridized carbons (Fsp3) is 0.158. The van der Waals surface area contributed by atoms with Crippen LogP contribution in [0.1, 0.15) is 11.1 Å². The Morgan fingerprint density at radius 1 is 0.621 bits per heavy atom. The number of hydrogen-bond donors (Lipinski definition) is 6. The predicted molar refractivity (Wildman–Crippen MR) is 215 cm³/mol. The first kappa shape index (κ1) is 46.0. The number of anilines is 10. The van der Waals surface area contributed by atoms with E-state index in [2.05, 4.69) is 57.2 Å². The Bertz CT molecular complexity index is 2380. The minimum Gasteiger partial charge on any atom is -0.744 e. The Labute approximate surface area is 380 Å². The number of aliphatic hydroxyl groups excluding tert-OH is 2. The largest absolute Gasteiger partial charge is 1.00 e. The molecule has 2 aromatic heterocycles. The second-order valence-electron chi connectivity index (χ2n) is 12.2. The number of para-hydroxylation sites is 2. The van der Waals surface area contributed by atoms with Crippen molar-refractivity contribution in [1.82, 2.24) is 29.9 Å². The molecule has 0 aliphatic rings. The molecule has 2 heterocycles. The summed E-state index contributed by atoms with van der Waals surface area (Å²) in [4.78, 5) is 29.6. The van der Waals surface area contributed by atoms with Crippen LogP contribution in [0.3, 0.4) is 0 Å². The second-order valence-corrected chi connectivity index (χ2v) is 13.5. The van der Waals surface area contributed by atoms with Gasteiger partial charge in [-0.1, -0.05) is 48.5 Å². The number of likely N-dealkylation sites (N-methyl/N-ethyl adjacent to an activating group) is 2. The first-order chi connectivity index (χ1) is 27.1. The Kier molecular flexibility index (Phi) is 17.3. The van der Waals surface area contributed by atoms with Gasteiger partial charge in [0.1, 0.15) is 10.1 Å². The zero-order valence-electron chi connectivity index (χ0n) is 32.3. The van der Waals surface area contributed by atoms with Crippen LogP contribution in [0.25, 0.3) is 12.2 Å². The van der Waals surface area contributed by atoms with E-state index in [1.807, 2.05) is 60.7 Å². The summed E-state index contributed by atoms with van der Waals surface area (Å²) in [5.41, 5.74) is 3.13. The average Bonchev–Trinajstić information content (AvgIpc) is 3.18. The Morgan fingerprint density at radius 2 is 1.07 bits per heavy atom. The van der Waals surface area contributed by atoms with E-state index < -0.39 is 15.0 Å². The van der Waals surface area contributed by atoms with E-state index in [1.165, 1.54) is 18.2 Å². The van der Waals surface area contributed by atoms with Crippen LogP contribution in [0.15, 0.2) is 102 Å². The van der Waals surface area contributed by atoms with E-state index >= 15 is 0 Å². The van der Waals surface area contributed by atoms with Crippen molar-refractivity contribution in [1.29, 1.82) is 0 Å². The number of rotatable bonds is 17. The van der Waals surface area contributed by atoms with E-state index in [0.29, 0.717) is 29.7 Å². The second kappa shape index (κ2) is 21.9. The first-order valence-electron chi connectivity index (χ1n) is 17.2. The molecule has 0 fully saturated rings. The Hall–Kier alpha value is -4.73. The van der Waals surface area contributed by atoms with Gasteiger partial charge in [-0.15, -0.1) is 30.3 Å². The molecule has 17 nitrogen and oxygen atoms in total. The number of benzene rings is 4. The normalized spacial score (nSPS) is 10.9. The summed E-state index contributed by atoms with van der Waals surface area (Å²) in [6.45, 7) is 0.350. The maximum atomic E-state index is 12.4. The van der Waals surface area contributed by atoms with E-state index in [-0.39, 0.29) is 114 Å². The van der Waals surface area contributed by atoms with Crippen molar-refractivity contribution in [3.8, 4) is 0 Å². The van der Waals surface area contributed by atoms with Gasteiger partial charge >= 0.3 is 59.1 Å². The standard InChI is InChI=1S/C38H39N12O5S.2Na/c1-49(21-23-51)37-45-33(39-28-9-5-3-6-10-28)43-35(47-37)41-30-18-14-26(15-19-30)13-16-27-17-20-31(25-32(27)56(53,54)55)42-36-44-34(40-29-11-7-4-8-12-29)46-38(48-36)50(2)22-24-52;;/h3-14,16-20,25,51-52H,21-24H2,1-2H3,(H,53,54,55)(H2,39,41,43,45,47)(H2,40,42,44,46,48);;/q-1;2*+1/p-1/b16-13+;;. The molecule has 6 rings (SSSR count). The molecule has 0 radical (unpaired) electrons. The fourth-order valence-electron chi connectivity index (χ4n) is 5.12. The molecule has 0 aliphatic carbocycles. The van der Waals surface area contributed by atoms with Gasteiger partial charge in [-0.05, 0) is 47.6 Å². The van der Waals surface area contributed by atoms with Gasteiger partial charge in [0.15, 0.2) is 0 Å². The van der Waals surface area contributed by atoms with Crippen LogP contribution in [0.4, 0.5) is 58.4 Å². The van der Waals surface area contributed by atoms with Crippen LogP contribution < -0.4 is 90.2 Å². The molecule has 6 aromatic rings. The number of nitrogens with one attached hydrogen (secondary N) is 4. The summed E-state index contributed by atoms with van der Waals surface area (Å²) in [5, 5.41) is 31.3. The molecule has 0 saturated carbocycles. The molecule has 288 valence electrons. The van der Waals surface area contributed by atoms with E-state index in [4.69, 9.17) is 0 Å². The van der Waals surface area contributed by atoms with E-state index in [0.717, 1.165) is 11.4 Å². The van der Waals surface area contributed by atoms with Gasteiger partial charge in [0.2, 0.25) is 35.7 Å².